The van der Waals surface area contributed by atoms with E-state index in [0.717, 1.165) is 17.5 Å². The van der Waals surface area contributed by atoms with E-state index in [4.69, 9.17) is 11.6 Å². The van der Waals surface area contributed by atoms with Crippen molar-refractivity contribution < 1.29 is 0 Å². The van der Waals surface area contributed by atoms with Crippen LogP contribution < -0.4 is 5.32 Å². The minimum absolute atomic E-state index is 0.473. The molecule has 0 aliphatic heterocycles. The van der Waals surface area contributed by atoms with Crippen molar-refractivity contribution in [3.05, 3.63) is 32.4 Å². The third-order valence-corrected chi connectivity index (χ3v) is 4.99. The zero-order valence-electron chi connectivity index (χ0n) is 10.9. The molecule has 0 aromatic heterocycles. The van der Waals surface area contributed by atoms with Gasteiger partial charge in [0.1, 0.15) is 0 Å². The molecule has 1 aliphatic carbocycles. The van der Waals surface area contributed by atoms with Crippen LogP contribution in [0.3, 0.4) is 0 Å². The third kappa shape index (κ3) is 3.84. The lowest BCUT2D eigenvalue weighted by molar-refractivity contribution is 0.261. The minimum atomic E-state index is 0.473. The number of rotatable bonds is 6. The van der Waals surface area contributed by atoms with E-state index in [-0.39, 0.29) is 0 Å². The molecule has 3 heteroatoms. The largest absolute Gasteiger partial charge is 0.310 e. The Kier molecular flexibility index (Phi) is 5.77. The van der Waals surface area contributed by atoms with Gasteiger partial charge in [-0.15, -0.1) is 0 Å². The van der Waals surface area contributed by atoms with Crippen LogP contribution in [0.2, 0.25) is 5.02 Å². The van der Waals surface area contributed by atoms with Crippen LogP contribution in [-0.4, -0.2) is 6.54 Å². The maximum absolute atomic E-state index is 6.15. The minimum Gasteiger partial charge on any atom is -0.310 e. The molecule has 100 valence electrons. The fraction of sp³-hybridized carbons (Fsp3) is 0.600. The Balaban J connectivity index is 2.11. The highest BCUT2D eigenvalue weighted by atomic mass is 127. The van der Waals surface area contributed by atoms with Crippen molar-refractivity contribution in [3.8, 4) is 0 Å². The number of benzene rings is 1. The summed E-state index contributed by atoms with van der Waals surface area (Å²) in [5, 5.41) is 4.54. The van der Waals surface area contributed by atoms with Crippen molar-refractivity contribution in [1.82, 2.24) is 5.32 Å². The van der Waals surface area contributed by atoms with E-state index in [1.165, 1.54) is 41.2 Å². The first-order chi connectivity index (χ1) is 8.70. The molecule has 0 saturated heterocycles. The highest BCUT2D eigenvalue weighted by molar-refractivity contribution is 14.1. The topological polar surface area (TPSA) is 12.0 Å². The van der Waals surface area contributed by atoms with Crippen LogP contribution in [0, 0.1) is 9.49 Å². The monoisotopic (exact) mass is 377 g/mol. The standard InChI is InChI=1S/C15H21ClIN/c1-2-8-18-15(9-11-4-3-5-11)13-10-12(16)6-7-14(13)17/h6-7,10-11,15,18H,2-5,8-9H2,1H3. The molecule has 1 saturated carbocycles. The van der Waals surface area contributed by atoms with E-state index < -0.39 is 0 Å². The Morgan fingerprint density at radius 1 is 1.44 bits per heavy atom. The van der Waals surface area contributed by atoms with E-state index in [1.807, 2.05) is 6.07 Å². The molecule has 1 atom stereocenters. The number of hydrogen-bond donors (Lipinski definition) is 1. The second-order valence-corrected chi connectivity index (χ2v) is 6.80. The van der Waals surface area contributed by atoms with Gasteiger partial charge in [-0.2, -0.15) is 0 Å². The molecule has 0 heterocycles. The second kappa shape index (κ2) is 7.11. The highest BCUT2D eigenvalue weighted by Crippen LogP contribution is 2.36. The average Bonchev–Trinajstić information content (AvgIpc) is 2.31. The zero-order valence-corrected chi connectivity index (χ0v) is 13.8. The van der Waals surface area contributed by atoms with Gasteiger partial charge >= 0.3 is 0 Å². The molecule has 0 radical (unpaired) electrons. The SMILES string of the molecule is CCCNC(CC1CCC1)c1cc(Cl)ccc1I. The Labute approximate surface area is 129 Å². The predicted molar refractivity (Wildman–Crippen MR) is 87.2 cm³/mol. The first-order valence-corrected chi connectivity index (χ1v) is 8.34. The lowest BCUT2D eigenvalue weighted by Crippen LogP contribution is -2.27. The van der Waals surface area contributed by atoms with Gasteiger partial charge in [-0.1, -0.05) is 37.8 Å². The first-order valence-electron chi connectivity index (χ1n) is 6.89. The summed E-state index contributed by atoms with van der Waals surface area (Å²) in [6.07, 6.45) is 6.66. The van der Waals surface area contributed by atoms with Crippen LogP contribution in [-0.2, 0) is 0 Å². The van der Waals surface area contributed by atoms with Gasteiger partial charge in [0, 0.05) is 14.6 Å². The summed E-state index contributed by atoms with van der Waals surface area (Å²) in [6.45, 7) is 3.30. The molecule has 1 aromatic rings. The molecule has 1 aromatic carbocycles. The van der Waals surface area contributed by atoms with E-state index in [9.17, 15) is 0 Å². The van der Waals surface area contributed by atoms with Gasteiger partial charge < -0.3 is 5.32 Å². The van der Waals surface area contributed by atoms with Crippen molar-refractivity contribution in [2.45, 2.75) is 45.1 Å². The fourth-order valence-corrected chi connectivity index (χ4v) is 3.37. The lowest BCUT2D eigenvalue weighted by Gasteiger charge is -2.31. The number of nitrogens with one attached hydrogen (secondary N) is 1. The fourth-order valence-electron chi connectivity index (χ4n) is 2.48. The maximum Gasteiger partial charge on any atom is 0.0410 e. The summed E-state index contributed by atoms with van der Waals surface area (Å²) < 4.78 is 1.32. The average molecular weight is 378 g/mol. The maximum atomic E-state index is 6.15. The van der Waals surface area contributed by atoms with Crippen LogP contribution in [0.15, 0.2) is 18.2 Å². The predicted octanol–water partition coefficient (Wildman–Crippen LogP) is 5.18. The Bertz CT molecular complexity index is 390. The van der Waals surface area contributed by atoms with Gasteiger partial charge in [0.05, 0.1) is 0 Å². The normalized spacial score (nSPS) is 17.5. The van der Waals surface area contributed by atoms with Gasteiger partial charge in [0.2, 0.25) is 0 Å². The van der Waals surface area contributed by atoms with Gasteiger partial charge in [0.25, 0.3) is 0 Å². The van der Waals surface area contributed by atoms with Crippen molar-refractivity contribution in [2.75, 3.05) is 6.54 Å². The molecule has 1 fully saturated rings. The van der Waals surface area contributed by atoms with E-state index in [0.29, 0.717) is 6.04 Å². The smallest absolute Gasteiger partial charge is 0.0410 e. The Morgan fingerprint density at radius 2 is 2.22 bits per heavy atom. The summed E-state index contributed by atoms with van der Waals surface area (Å²) in [6, 6.07) is 6.71. The quantitative estimate of drug-likeness (QED) is 0.674. The van der Waals surface area contributed by atoms with E-state index in [1.54, 1.807) is 0 Å². The summed E-state index contributed by atoms with van der Waals surface area (Å²) in [5.74, 6) is 0.911. The van der Waals surface area contributed by atoms with Gasteiger partial charge in [-0.25, -0.2) is 0 Å². The van der Waals surface area contributed by atoms with Crippen molar-refractivity contribution >= 4 is 34.2 Å². The molecule has 0 spiro atoms. The molecule has 1 N–H and O–H groups in total. The van der Waals surface area contributed by atoms with Crippen molar-refractivity contribution in [2.24, 2.45) is 5.92 Å². The molecular weight excluding hydrogens is 357 g/mol. The van der Waals surface area contributed by atoms with Crippen LogP contribution in [0.4, 0.5) is 0 Å². The molecular formula is C15H21ClIN. The summed E-state index contributed by atoms with van der Waals surface area (Å²) in [7, 11) is 0. The van der Waals surface area contributed by atoms with Crippen molar-refractivity contribution in [3.63, 3.8) is 0 Å². The first kappa shape index (κ1) is 14.6. The van der Waals surface area contributed by atoms with Gasteiger partial charge in [0.15, 0.2) is 0 Å². The summed E-state index contributed by atoms with van der Waals surface area (Å²) in [5.41, 5.74) is 1.38. The molecule has 1 nitrogen and oxygen atoms in total. The van der Waals surface area contributed by atoms with Gasteiger partial charge in [-0.3, -0.25) is 0 Å². The molecule has 18 heavy (non-hydrogen) atoms. The van der Waals surface area contributed by atoms with Crippen molar-refractivity contribution in [1.29, 1.82) is 0 Å². The van der Waals surface area contributed by atoms with Crippen LogP contribution in [0.5, 0.6) is 0 Å². The summed E-state index contributed by atoms with van der Waals surface area (Å²) >= 11 is 8.57. The molecule has 0 amide bonds. The van der Waals surface area contributed by atoms with Gasteiger partial charge in [-0.05, 0) is 71.7 Å². The molecule has 1 aliphatic rings. The van der Waals surface area contributed by atoms with E-state index in [2.05, 4.69) is 47.0 Å². The van der Waals surface area contributed by atoms with E-state index >= 15 is 0 Å². The molecule has 0 bridgehead atoms. The van der Waals surface area contributed by atoms with Crippen LogP contribution in [0.1, 0.15) is 50.6 Å². The Morgan fingerprint density at radius 3 is 2.83 bits per heavy atom. The highest BCUT2D eigenvalue weighted by Gasteiger charge is 2.24. The van der Waals surface area contributed by atoms with Crippen LogP contribution in [0.25, 0.3) is 0 Å². The molecule has 2 rings (SSSR count). The Hall–Kier alpha value is 0.200. The zero-order chi connectivity index (χ0) is 13.0. The second-order valence-electron chi connectivity index (χ2n) is 5.21. The van der Waals surface area contributed by atoms with Crippen LogP contribution >= 0.6 is 34.2 Å². The number of hydrogen-bond acceptors (Lipinski definition) is 1. The number of halogens is 2. The summed E-state index contributed by atoms with van der Waals surface area (Å²) in [4.78, 5) is 0. The third-order valence-electron chi connectivity index (χ3n) is 3.77. The molecule has 1 unspecified atom stereocenters. The lowest BCUT2D eigenvalue weighted by atomic mass is 9.79.